The van der Waals surface area contributed by atoms with E-state index in [4.69, 9.17) is 0 Å². The van der Waals surface area contributed by atoms with Crippen LogP contribution in [0, 0.1) is 0 Å². The third kappa shape index (κ3) is 2.04. The van der Waals surface area contributed by atoms with Gasteiger partial charge < -0.3 is 9.88 Å². The largest absolute Gasteiger partial charge is 0.319 e. The lowest BCUT2D eigenvalue weighted by atomic mass is 10.3. The summed E-state index contributed by atoms with van der Waals surface area (Å²) < 4.78 is 1.94. The summed E-state index contributed by atoms with van der Waals surface area (Å²) >= 11 is 0. The molecule has 0 saturated carbocycles. The molecule has 0 bridgehead atoms. The molecule has 12 heavy (non-hydrogen) atoms. The van der Waals surface area contributed by atoms with Gasteiger partial charge in [0.1, 0.15) is 12.2 Å². The maximum Gasteiger partial charge on any atom is 0.149 e. The van der Waals surface area contributed by atoms with Crippen LogP contribution < -0.4 is 5.32 Å². The van der Waals surface area contributed by atoms with Gasteiger partial charge in [0, 0.05) is 7.05 Å². The van der Waals surface area contributed by atoms with Gasteiger partial charge >= 0.3 is 0 Å². The van der Waals surface area contributed by atoms with Gasteiger partial charge in [0.05, 0.1) is 6.04 Å². The Kier molecular flexibility index (Phi) is 3.22. The minimum absolute atomic E-state index is 0.289. The third-order valence-electron chi connectivity index (χ3n) is 1.83. The molecule has 0 spiro atoms. The van der Waals surface area contributed by atoms with Gasteiger partial charge in [-0.25, -0.2) is 0 Å². The number of rotatable bonds is 4. The molecule has 0 fully saturated rings. The smallest absolute Gasteiger partial charge is 0.149 e. The molecule has 0 aliphatic heterocycles. The number of aromatic nitrogens is 3. The summed E-state index contributed by atoms with van der Waals surface area (Å²) in [4.78, 5) is 0. The van der Waals surface area contributed by atoms with Crippen LogP contribution >= 0.6 is 0 Å². The van der Waals surface area contributed by atoms with E-state index in [9.17, 15) is 0 Å². The minimum atomic E-state index is 0.289. The number of hydrogen-bond donors (Lipinski definition) is 1. The molecule has 0 saturated heterocycles. The van der Waals surface area contributed by atoms with Crippen molar-refractivity contribution in [2.45, 2.75) is 26.3 Å². The highest BCUT2D eigenvalue weighted by Crippen LogP contribution is 2.05. The summed E-state index contributed by atoms with van der Waals surface area (Å²) in [6.45, 7) is 5.27. The Morgan fingerprint density at radius 1 is 1.67 bits per heavy atom. The van der Waals surface area contributed by atoms with Crippen molar-refractivity contribution in [1.29, 1.82) is 0 Å². The standard InChI is InChI=1S/C8H16N4/c1-4-5-9-7(2)8-11-10-6-12(8)3/h6-7,9H,4-5H2,1-3H3. The summed E-state index contributed by atoms with van der Waals surface area (Å²) in [6.07, 6.45) is 2.86. The lowest BCUT2D eigenvalue weighted by Gasteiger charge is -2.11. The maximum absolute atomic E-state index is 4.02. The normalized spacial score (nSPS) is 13.2. The first-order valence-corrected chi connectivity index (χ1v) is 4.33. The quantitative estimate of drug-likeness (QED) is 0.725. The molecule has 1 heterocycles. The maximum atomic E-state index is 4.02. The van der Waals surface area contributed by atoms with Gasteiger partial charge in [-0.2, -0.15) is 0 Å². The Labute approximate surface area is 73.0 Å². The first-order valence-electron chi connectivity index (χ1n) is 4.33. The van der Waals surface area contributed by atoms with E-state index in [0.717, 1.165) is 18.8 Å². The van der Waals surface area contributed by atoms with Gasteiger partial charge in [-0.05, 0) is 19.9 Å². The molecule has 0 aromatic carbocycles. The van der Waals surface area contributed by atoms with Crippen molar-refractivity contribution in [2.75, 3.05) is 6.54 Å². The summed E-state index contributed by atoms with van der Waals surface area (Å²) in [5, 5.41) is 11.2. The molecule has 0 aliphatic carbocycles. The highest BCUT2D eigenvalue weighted by Gasteiger charge is 2.08. The summed E-state index contributed by atoms with van der Waals surface area (Å²) in [6, 6.07) is 0.289. The number of hydrogen-bond acceptors (Lipinski definition) is 3. The van der Waals surface area contributed by atoms with Crippen LogP contribution in [0.5, 0.6) is 0 Å². The second kappa shape index (κ2) is 4.21. The molecular weight excluding hydrogens is 152 g/mol. The Bertz CT molecular complexity index is 231. The molecule has 4 heteroatoms. The highest BCUT2D eigenvalue weighted by molar-refractivity contribution is 4.91. The molecular formula is C8H16N4. The fourth-order valence-electron chi connectivity index (χ4n) is 1.14. The van der Waals surface area contributed by atoms with E-state index in [2.05, 4.69) is 29.4 Å². The average Bonchev–Trinajstić information content (AvgIpc) is 2.47. The van der Waals surface area contributed by atoms with Crippen LogP contribution in [0.2, 0.25) is 0 Å². The van der Waals surface area contributed by atoms with E-state index < -0.39 is 0 Å². The van der Waals surface area contributed by atoms with Crippen molar-refractivity contribution in [1.82, 2.24) is 20.1 Å². The third-order valence-corrected chi connectivity index (χ3v) is 1.83. The van der Waals surface area contributed by atoms with E-state index >= 15 is 0 Å². The molecule has 1 aromatic rings. The van der Waals surface area contributed by atoms with Crippen molar-refractivity contribution >= 4 is 0 Å². The van der Waals surface area contributed by atoms with Crippen molar-refractivity contribution in [2.24, 2.45) is 7.05 Å². The summed E-state index contributed by atoms with van der Waals surface area (Å²) in [7, 11) is 1.96. The molecule has 0 aliphatic rings. The Balaban J connectivity index is 2.52. The minimum Gasteiger partial charge on any atom is -0.319 e. The number of aryl methyl sites for hydroxylation is 1. The van der Waals surface area contributed by atoms with Crippen molar-refractivity contribution in [3.05, 3.63) is 12.2 Å². The van der Waals surface area contributed by atoms with Gasteiger partial charge in [0.25, 0.3) is 0 Å². The number of nitrogens with one attached hydrogen (secondary N) is 1. The highest BCUT2D eigenvalue weighted by atomic mass is 15.3. The van der Waals surface area contributed by atoms with E-state index in [1.165, 1.54) is 0 Å². The van der Waals surface area contributed by atoms with Crippen molar-refractivity contribution in [3.63, 3.8) is 0 Å². The monoisotopic (exact) mass is 168 g/mol. The summed E-state index contributed by atoms with van der Waals surface area (Å²) in [5.74, 6) is 0.989. The fraction of sp³-hybridized carbons (Fsp3) is 0.750. The molecule has 1 aromatic heterocycles. The summed E-state index contributed by atoms with van der Waals surface area (Å²) in [5.41, 5.74) is 0. The predicted octanol–water partition coefficient (Wildman–Crippen LogP) is 0.876. The second-order valence-electron chi connectivity index (χ2n) is 2.98. The molecule has 1 N–H and O–H groups in total. The molecule has 1 atom stereocenters. The van der Waals surface area contributed by atoms with Crippen LogP contribution in [-0.4, -0.2) is 21.3 Å². The average molecular weight is 168 g/mol. The van der Waals surface area contributed by atoms with Crippen molar-refractivity contribution < 1.29 is 0 Å². The van der Waals surface area contributed by atoms with Gasteiger partial charge in [0.15, 0.2) is 0 Å². The van der Waals surface area contributed by atoms with Crippen LogP contribution in [0.15, 0.2) is 6.33 Å². The molecule has 68 valence electrons. The molecule has 1 rings (SSSR count). The van der Waals surface area contributed by atoms with Gasteiger partial charge in [-0.3, -0.25) is 0 Å². The molecule has 0 amide bonds. The molecule has 0 radical (unpaired) electrons. The van der Waals surface area contributed by atoms with E-state index in [0.29, 0.717) is 0 Å². The van der Waals surface area contributed by atoms with E-state index in [1.807, 2.05) is 11.6 Å². The van der Waals surface area contributed by atoms with Crippen LogP contribution in [0.4, 0.5) is 0 Å². The SMILES string of the molecule is CCCNC(C)c1nncn1C. The Morgan fingerprint density at radius 3 is 2.92 bits per heavy atom. The van der Waals surface area contributed by atoms with Crippen LogP contribution in [0.1, 0.15) is 32.1 Å². The zero-order chi connectivity index (χ0) is 8.97. The van der Waals surface area contributed by atoms with Gasteiger partial charge in [0.2, 0.25) is 0 Å². The second-order valence-corrected chi connectivity index (χ2v) is 2.98. The Hall–Kier alpha value is -0.900. The van der Waals surface area contributed by atoms with E-state index in [-0.39, 0.29) is 6.04 Å². The van der Waals surface area contributed by atoms with Gasteiger partial charge in [-0.1, -0.05) is 6.92 Å². The fourth-order valence-corrected chi connectivity index (χ4v) is 1.14. The zero-order valence-corrected chi connectivity index (χ0v) is 7.91. The topological polar surface area (TPSA) is 42.7 Å². The molecule has 4 nitrogen and oxygen atoms in total. The number of nitrogens with zero attached hydrogens (tertiary/aromatic N) is 3. The first kappa shape index (κ1) is 9.19. The van der Waals surface area contributed by atoms with Crippen LogP contribution in [-0.2, 0) is 7.05 Å². The lowest BCUT2D eigenvalue weighted by molar-refractivity contribution is 0.527. The predicted molar refractivity (Wildman–Crippen MR) is 47.7 cm³/mol. The van der Waals surface area contributed by atoms with Crippen molar-refractivity contribution in [3.8, 4) is 0 Å². The van der Waals surface area contributed by atoms with Crippen LogP contribution in [0.3, 0.4) is 0 Å². The van der Waals surface area contributed by atoms with E-state index in [1.54, 1.807) is 6.33 Å². The first-order chi connectivity index (χ1) is 5.75. The van der Waals surface area contributed by atoms with Gasteiger partial charge in [-0.15, -0.1) is 10.2 Å². The molecule has 1 unspecified atom stereocenters. The van der Waals surface area contributed by atoms with Crippen LogP contribution in [0.25, 0.3) is 0 Å². The zero-order valence-electron chi connectivity index (χ0n) is 7.91. The Morgan fingerprint density at radius 2 is 2.42 bits per heavy atom. The lowest BCUT2D eigenvalue weighted by Crippen LogP contribution is -2.22.